The van der Waals surface area contributed by atoms with Gasteiger partial charge in [-0.1, -0.05) is 18.2 Å². The van der Waals surface area contributed by atoms with Crippen molar-refractivity contribution in [2.75, 3.05) is 0 Å². The van der Waals surface area contributed by atoms with E-state index in [4.69, 9.17) is 4.42 Å². The van der Waals surface area contributed by atoms with Crippen molar-refractivity contribution in [2.45, 2.75) is 27.3 Å². The predicted octanol–water partition coefficient (Wildman–Crippen LogP) is 4.35. The zero-order valence-corrected chi connectivity index (χ0v) is 13.1. The third-order valence-corrected chi connectivity index (χ3v) is 4.90. The fourth-order valence-corrected chi connectivity index (χ4v) is 3.63. The Kier molecular flexibility index (Phi) is 3.55. The van der Waals surface area contributed by atoms with E-state index in [1.165, 1.54) is 0 Å². The van der Waals surface area contributed by atoms with E-state index in [1.54, 1.807) is 11.3 Å². The van der Waals surface area contributed by atoms with Crippen LogP contribution in [0.15, 0.2) is 34.7 Å². The molecule has 0 aliphatic rings. The highest BCUT2D eigenvalue weighted by Gasteiger charge is 2.15. The van der Waals surface area contributed by atoms with Crippen molar-refractivity contribution in [3.05, 3.63) is 57.9 Å². The molecular formula is C17H17NO2S. The van der Waals surface area contributed by atoms with E-state index < -0.39 is 0 Å². The van der Waals surface area contributed by atoms with Gasteiger partial charge < -0.3 is 9.73 Å². The molecule has 2 aromatic heterocycles. The van der Waals surface area contributed by atoms with Gasteiger partial charge in [0.2, 0.25) is 0 Å². The van der Waals surface area contributed by atoms with Crippen molar-refractivity contribution in [1.82, 2.24) is 5.32 Å². The smallest absolute Gasteiger partial charge is 0.261 e. The third-order valence-electron chi connectivity index (χ3n) is 3.63. The van der Waals surface area contributed by atoms with E-state index in [2.05, 4.69) is 11.4 Å². The molecule has 0 aliphatic heterocycles. The molecule has 3 rings (SSSR count). The maximum atomic E-state index is 12.4. The molecule has 0 aliphatic carbocycles. The van der Waals surface area contributed by atoms with Gasteiger partial charge in [-0.15, -0.1) is 11.3 Å². The Morgan fingerprint density at radius 3 is 2.67 bits per heavy atom. The molecule has 0 spiro atoms. The van der Waals surface area contributed by atoms with Crippen LogP contribution in [0.3, 0.4) is 0 Å². The van der Waals surface area contributed by atoms with Gasteiger partial charge in [0.1, 0.15) is 11.5 Å². The van der Waals surface area contributed by atoms with E-state index in [0.29, 0.717) is 6.54 Å². The first kappa shape index (κ1) is 13.9. The second-order valence-electron chi connectivity index (χ2n) is 5.17. The van der Waals surface area contributed by atoms with Crippen LogP contribution in [0.1, 0.15) is 32.3 Å². The fraction of sp³-hybridized carbons (Fsp3) is 0.235. The van der Waals surface area contributed by atoms with Crippen LogP contribution in [0.4, 0.5) is 0 Å². The fourth-order valence-electron chi connectivity index (χ4n) is 2.51. The third kappa shape index (κ3) is 2.59. The summed E-state index contributed by atoms with van der Waals surface area (Å²) >= 11 is 1.54. The number of hydrogen-bond donors (Lipinski definition) is 1. The molecule has 1 amide bonds. The number of carbonyl (C=O) groups is 1. The molecule has 3 nitrogen and oxygen atoms in total. The van der Waals surface area contributed by atoms with Gasteiger partial charge in [0, 0.05) is 16.8 Å². The van der Waals surface area contributed by atoms with Crippen molar-refractivity contribution in [3.63, 3.8) is 0 Å². The number of amides is 1. The number of fused-ring (bicyclic) bond motifs is 1. The van der Waals surface area contributed by atoms with Gasteiger partial charge in [-0.25, -0.2) is 0 Å². The van der Waals surface area contributed by atoms with Gasteiger partial charge >= 0.3 is 0 Å². The Labute approximate surface area is 127 Å². The predicted molar refractivity (Wildman–Crippen MR) is 85.9 cm³/mol. The lowest BCUT2D eigenvalue weighted by molar-refractivity contribution is 0.0954. The lowest BCUT2D eigenvalue weighted by atomic mass is 10.1. The number of carbonyl (C=O) groups excluding carboxylic acids is 1. The van der Waals surface area contributed by atoms with E-state index in [1.807, 2.05) is 45.0 Å². The topological polar surface area (TPSA) is 42.2 Å². The summed E-state index contributed by atoms with van der Waals surface area (Å²) in [6.45, 7) is 6.32. The minimum absolute atomic E-state index is 0.0213. The van der Waals surface area contributed by atoms with Crippen LogP contribution in [0.25, 0.3) is 10.1 Å². The highest BCUT2D eigenvalue weighted by molar-refractivity contribution is 7.21. The van der Waals surface area contributed by atoms with Crippen LogP contribution in [0, 0.1) is 20.8 Å². The highest BCUT2D eigenvalue weighted by Crippen LogP contribution is 2.30. The number of furan rings is 1. The Bertz CT molecular complexity index is 813. The van der Waals surface area contributed by atoms with Crippen LogP contribution in [-0.2, 0) is 6.54 Å². The van der Waals surface area contributed by atoms with E-state index in [-0.39, 0.29) is 5.91 Å². The number of aryl methyl sites for hydroxylation is 3. The first-order valence-corrected chi connectivity index (χ1v) is 7.70. The molecule has 0 unspecified atom stereocenters. The molecule has 0 atom stereocenters. The highest BCUT2D eigenvalue weighted by atomic mass is 32.1. The number of rotatable bonds is 3. The summed E-state index contributed by atoms with van der Waals surface area (Å²) < 4.78 is 6.62. The van der Waals surface area contributed by atoms with Crippen LogP contribution < -0.4 is 5.32 Å². The summed E-state index contributed by atoms with van der Waals surface area (Å²) in [7, 11) is 0. The first-order chi connectivity index (χ1) is 10.1. The summed E-state index contributed by atoms with van der Waals surface area (Å²) in [5.41, 5.74) is 2.08. The maximum Gasteiger partial charge on any atom is 0.261 e. The van der Waals surface area contributed by atoms with E-state index >= 15 is 0 Å². The van der Waals surface area contributed by atoms with Crippen molar-refractivity contribution in [1.29, 1.82) is 0 Å². The van der Waals surface area contributed by atoms with Crippen LogP contribution in [0.5, 0.6) is 0 Å². The summed E-state index contributed by atoms with van der Waals surface area (Å²) in [5.74, 6) is 1.71. The van der Waals surface area contributed by atoms with Crippen LogP contribution >= 0.6 is 11.3 Å². The van der Waals surface area contributed by atoms with Crippen molar-refractivity contribution >= 4 is 27.3 Å². The van der Waals surface area contributed by atoms with Gasteiger partial charge in [-0.3, -0.25) is 4.79 Å². The second-order valence-corrected chi connectivity index (χ2v) is 6.23. The molecule has 108 valence electrons. The molecule has 2 heterocycles. The van der Waals surface area contributed by atoms with Gasteiger partial charge in [0.25, 0.3) is 5.91 Å². The van der Waals surface area contributed by atoms with Crippen molar-refractivity contribution in [3.8, 4) is 0 Å². The second kappa shape index (κ2) is 5.37. The van der Waals surface area contributed by atoms with Gasteiger partial charge in [0.15, 0.2) is 0 Å². The van der Waals surface area contributed by atoms with E-state index in [0.717, 1.165) is 37.6 Å². The van der Waals surface area contributed by atoms with Crippen molar-refractivity contribution < 1.29 is 9.21 Å². The maximum absolute atomic E-state index is 12.4. The largest absolute Gasteiger partial charge is 0.466 e. The Morgan fingerprint density at radius 1 is 1.24 bits per heavy atom. The first-order valence-electron chi connectivity index (χ1n) is 6.88. The Balaban J connectivity index is 1.81. The molecule has 0 bridgehead atoms. The quantitative estimate of drug-likeness (QED) is 0.781. The molecule has 0 radical (unpaired) electrons. The molecule has 3 aromatic rings. The summed E-state index contributed by atoms with van der Waals surface area (Å²) in [5, 5.41) is 4.14. The SMILES string of the molecule is Cc1cc(CNC(=O)c2sc3ccccc3c2C)c(C)o1. The Hall–Kier alpha value is -2.07. The van der Waals surface area contributed by atoms with Crippen LogP contribution in [-0.4, -0.2) is 5.91 Å². The lowest BCUT2D eigenvalue weighted by Gasteiger charge is -2.03. The van der Waals surface area contributed by atoms with Crippen LogP contribution in [0.2, 0.25) is 0 Å². The van der Waals surface area contributed by atoms with Gasteiger partial charge in [0.05, 0.1) is 4.88 Å². The monoisotopic (exact) mass is 299 g/mol. The lowest BCUT2D eigenvalue weighted by Crippen LogP contribution is -2.22. The molecule has 21 heavy (non-hydrogen) atoms. The summed E-state index contributed by atoms with van der Waals surface area (Å²) in [6, 6.07) is 10.1. The normalized spacial score (nSPS) is 11.0. The standard InChI is InChI=1S/C17H17NO2S/c1-10-8-13(12(3)20-10)9-18-17(19)16-11(2)14-6-4-5-7-15(14)21-16/h4-8H,9H2,1-3H3,(H,18,19). The van der Waals surface area contributed by atoms with E-state index in [9.17, 15) is 4.79 Å². The summed E-state index contributed by atoms with van der Waals surface area (Å²) in [6.07, 6.45) is 0. The minimum Gasteiger partial charge on any atom is -0.466 e. The molecule has 0 fully saturated rings. The average molecular weight is 299 g/mol. The molecule has 0 saturated heterocycles. The number of thiophene rings is 1. The summed E-state index contributed by atoms with van der Waals surface area (Å²) in [4.78, 5) is 13.2. The van der Waals surface area contributed by atoms with Gasteiger partial charge in [-0.05, 0) is 43.9 Å². The molecular weight excluding hydrogens is 282 g/mol. The van der Waals surface area contributed by atoms with Gasteiger partial charge in [-0.2, -0.15) is 0 Å². The average Bonchev–Trinajstić information content (AvgIpc) is 2.97. The molecule has 0 saturated carbocycles. The molecule has 4 heteroatoms. The zero-order valence-electron chi connectivity index (χ0n) is 12.3. The number of hydrogen-bond acceptors (Lipinski definition) is 3. The number of nitrogens with one attached hydrogen (secondary N) is 1. The number of benzene rings is 1. The Morgan fingerprint density at radius 2 is 2.00 bits per heavy atom. The molecule has 1 N–H and O–H groups in total. The van der Waals surface area contributed by atoms with Crippen molar-refractivity contribution in [2.24, 2.45) is 0 Å². The zero-order chi connectivity index (χ0) is 15.0. The molecule has 1 aromatic carbocycles. The minimum atomic E-state index is -0.0213.